The number of hydrogen-bond acceptors (Lipinski definition) is 3. The molecule has 0 atom stereocenters. The lowest BCUT2D eigenvalue weighted by atomic mass is 9.81. The summed E-state index contributed by atoms with van der Waals surface area (Å²) in [6, 6.07) is 0. The van der Waals surface area contributed by atoms with Gasteiger partial charge in [0.05, 0.1) is 5.57 Å². The minimum absolute atomic E-state index is 0.177. The highest BCUT2D eigenvalue weighted by atomic mass is 16.1. The van der Waals surface area contributed by atoms with Crippen molar-refractivity contribution >= 4 is 11.5 Å². The number of ketones is 1. The Kier molecular flexibility index (Phi) is 3.97. The van der Waals surface area contributed by atoms with E-state index in [1.807, 2.05) is 7.05 Å². The molecule has 0 amide bonds. The highest BCUT2D eigenvalue weighted by molar-refractivity contribution is 6.23. The molecule has 2 rings (SSSR count). The quantitative estimate of drug-likeness (QED) is 0.722. The van der Waals surface area contributed by atoms with Crippen LogP contribution in [0.25, 0.3) is 0 Å². The largest absolute Gasteiger partial charge is 0.391 e. The minimum Gasteiger partial charge on any atom is -0.391 e. The average Bonchev–Trinajstić information content (AvgIpc) is 2.35. The molecule has 94 valence electrons. The van der Waals surface area contributed by atoms with Crippen molar-refractivity contribution in [2.24, 2.45) is 5.92 Å². The molecule has 17 heavy (non-hydrogen) atoms. The van der Waals surface area contributed by atoms with Crippen molar-refractivity contribution in [3.63, 3.8) is 0 Å². The maximum Gasteiger partial charge on any atom is 0.166 e. The van der Waals surface area contributed by atoms with Gasteiger partial charge < -0.3 is 10.7 Å². The summed E-state index contributed by atoms with van der Waals surface area (Å²) in [5.74, 6) is 0.655. The third kappa shape index (κ3) is 2.59. The Labute approximate surface area is 103 Å². The first kappa shape index (κ1) is 12.3. The van der Waals surface area contributed by atoms with Gasteiger partial charge in [0.25, 0.3) is 0 Å². The normalized spacial score (nSPS) is 25.9. The van der Waals surface area contributed by atoms with Gasteiger partial charge in [-0.15, -0.1) is 0 Å². The summed E-state index contributed by atoms with van der Waals surface area (Å²) in [5.41, 5.74) is 2.32. The summed E-state index contributed by atoms with van der Waals surface area (Å²) >= 11 is 0. The summed E-state index contributed by atoms with van der Waals surface area (Å²) < 4.78 is 0. The third-order valence-electron chi connectivity index (χ3n) is 3.96. The fraction of sp³-hybridized carbons (Fsp3) is 0.714. The van der Waals surface area contributed by atoms with E-state index in [4.69, 9.17) is 5.41 Å². The van der Waals surface area contributed by atoms with Gasteiger partial charge in [-0.05, 0) is 31.6 Å². The summed E-state index contributed by atoms with van der Waals surface area (Å²) in [7, 11) is 1.89. The van der Waals surface area contributed by atoms with Gasteiger partial charge in [0.1, 0.15) is 0 Å². The van der Waals surface area contributed by atoms with E-state index >= 15 is 0 Å². The van der Waals surface area contributed by atoms with E-state index in [2.05, 4.69) is 5.32 Å². The van der Waals surface area contributed by atoms with Crippen LogP contribution < -0.4 is 5.32 Å². The maximum atomic E-state index is 12.0. The van der Waals surface area contributed by atoms with Gasteiger partial charge in [0.15, 0.2) is 5.78 Å². The number of allylic oxidation sites excluding steroid dienone is 2. The van der Waals surface area contributed by atoms with E-state index in [0.717, 1.165) is 18.5 Å². The Balaban J connectivity index is 2.29. The van der Waals surface area contributed by atoms with Gasteiger partial charge in [-0.25, -0.2) is 0 Å². The molecule has 0 spiro atoms. The molecule has 2 saturated carbocycles. The molecule has 0 aromatic heterocycles. The number of nitrogens with one attached hydrogen (secondary N) is 2. The highest BCUT2D eigenvalue weighted by Gasteiger charge is 2.28. The monoisotopic (exact) mass is 234 g/mol. The zero-order valence-corrected chi connectivity index (χ0v) is 10.6. The van der Waals surface area contributed by atoms with Crippen LogP contribution in [0.3, 0.4) is 0 Å². The molecule has 2 aliphatic carbocycles. The average molecular weight is 234 g/mol. The van der Waals surface area contributed by atoms with Crippen molar-refractivity contribution in [1.29, 1.82) is 5.41 Å². The molecule has 3 nitrogen and oxygen atoms in total. The van der Waals surface area contributed by atoms with Gasteiger partial charge in [0, 0.05) is 24.9 Å². The molecule has 0 radical (unpaired) electrons. The Morgan fingerprint density at radius 2 is 1.88 bits per heavy atom. The molecule has 2 aliphatic rings. The van der Waals surface area contributed by atoms with Crippen LogP contribution in [0, 0.1) is 11.3 Å². The van der Waals surface area contributed by atoms with Gasteiger partial charge in [0.2, 0.25) is 0 Å². The lowest BCUT2D eigenvalue weighted by Crippen LogP contribution is -2.29. The first-order valence-corrected chi connectivity index (χ1v) is 6.77. The molecule has 3 heteroatoms. The third-order valence-corrected chi connectivity index (χ3v) is 3.96. The molecular weight excluding hydrogens is 212 g/mol. The van der Waals surface area contributed by atoms with Crippen LogP contribution in [0.5, 0.6) is 0 Å². The second kappa shape index (κ2) is 5.48. The number of Topliss-reactive ketones (excluding diaryl/α,β-unsaturated/α-hetero) is 1. The number of carbonyl (C=O) groups is 1. The molecular formula is C14H22N2O. The molecule has 0 aromatic carbocycles. The van der Waals surface area contributed by atoms with Crippen LogP contribution in [-0.2, 0) is 4.79 Å². The number of carbonyl (C=O) groups excluding carboxylic acids is 1. The lowest BCUT2D eigenvalue weighted by molar-refractivity contribution is -0.115. The van der Waals surface area contributed by atoms with Gasteiger partial charge >= 0.3 is 0 Å². The fourth-order valence-electron chi connectivity index (χ4n) is 3.08. The Bertz CT molecular complexity index is 333. The van der Waals surface area contributed by atoms with E-state index in [9.17, 15) is 4.79 Å². The second-order valence-electron chi connectivity index (χ2n) is 5.13. The zero-order valence-electron chi connectivity index (χ0n) is 10.6. The number of hydrogen-bond donors (Lipinski definition) is 2. The molecule has 2 fully saturated rings. The smallest absolute Gasteiger partial charge is 0.166 e. The van der Waals surface area contributed by atoms with Crippen molar-refractivity contribution < 1.29 is 4.79 Å². The van der Waals surface area contributed by atoms with Crippen LogP contribution >= 0.6 is 0 Å². The Morgan fingerprint density at radius 1 is 1.18 bits per heavy atom. The molecule has 0 bridgehead atoms. The van der Waals surface area contributed by atoms with Crippen molar-refractivity contribution in [2.45, 2.75) is 51.4 Å². The van der Waals surface area contributed by atoms with Crippen LogP contribution in [-0.4, -0.2) is 18.5 Å². The van der Waals surface area contributed by atoms with Gasteiger partial charge in [-0.1, -0.05) is 19.3 Å². The molecule has 0 saturated heterocycles. The van der Waals surface area contributed by atoms with E-state index in [1.54, 1.807) is 0 Å². The van der Waals surface area contributed by atoms with Gasteiger partial charge in [-0.2, -0.15) is 0 Å². The summed E-state index contributed by atoms with van der Waals surface area (Å²) in [4.78, 5) is 12.0. The second-order valence-corrected chi connectivity index (χ2v) is 5.13. The summed E-state index contributed by atoms with van der Waals surface area (Å²) in [6.07, 6.45) is 8.39. The molecule has 0 unspecified atom stereocenters. The fourth-order valence-corrected chi connectivity index (χ4v) is 3.08. The molecule has 0 aliphatic heterocycles. The first-order valence-electron chi connectivity index (χ1n) is 6.77. The highest BCUT2D eigenvalue weighted by Crippen LogP contribution is 2.32. The standard InChI is InChI=1S/C14H22N2O/c1-16-14(10-6-3-2-4-7-10)13-11(15)8-5-9-12(13)17/h10,15-16H,2-9H2,1H3/b14-13+,15-11?. The first-order chi connectivity index (χ1) is 8.24. The van der Waals surface area contributed by atoms with Crippen LogP contribution in [0.1, 0.15) is 51.4 Å². The number of rotatable bonds is 2. The van der Waals surface area contributed by atoms with Crippen LogP contribution in [0.4, 0.5) is 0 Å². The van der Waals surface area contributed by atoms with E-state index in [0.29, 0.717) is 23.6 Å². The Morgan fingerprint density at radius 3 is 2.47 bits per heavy atom. The SMILES string of the molecule is CN/C(=C1\C(=N)CCCC1=O)C1CCCCC1. The van der Waals surface area contributed by atoms with Crippen molar-refractivity contribution in [1.82, 2.24) is 5.32 Å². The molecule has 0 heterocycles. The molecule has 0 aromatic rings. The van der Waals surface area contributed by atoms with Crippen molar-refractivity contribution in [3.05, 3.63) is 11.3 Å². The lowest BCUT2D eigenvalue weighted by Gasteiger charge is -2.28. The molecule has 2 N–H and O–H groups in total. The van der Waals surface area contributed by atoms with Crippen molar-refractivity contribution in [3.8, 4) is 0 Å². The minimum atomic E-state index is 0.177. The topological polar surface area (TPSA) is 53.0 Å². The van der Waals surface area contributed by atoms with Gasteiger partial charge in [-0.3, -0.25) is 4.79 Å². The van der Waals surface area contributed by atoms with Crippen LogP contribution in [0.15, 0.2) is 11.3 Å². The Hall–Kier alpha value is -1.12. The maximum absolute atomic E-state index is 12.0. The van der Waals surface area contributed by atoms with E-state index < -0.39 is 0 Å². The van der Waals surface area contributed by atoms with Crippen LogP contribution in [0.2, 0.25) is 0 Å². The van der Waals surface area contributed by atoms with E-state index in [-0.39, 0.29) is 5.78 Å². The summed E-state index contributed by atoms with van der Waals surface area (Å²) in [5, 5.41) is 11.2. The van der Waals surface area contributed by atoms with Crippen molar-refractivity contribution in [2.75, 3.05) is 7.05 Å². The predicted octanol–water partition coefficient (Wildman–Crippen LogP) is 2.81. The van der Waals surface area contributed by atoms with E-state index in [1.165, 1.54) is 32.1 Å². The zero-order chi connectivity index (χ0) is 12.3. The predicted molar refractivity (Wildman–Crippen MR) is 69.2 cm³/mol. The summed E-state index contributed by atoms with van der Waals surface area (Å²) in [6.45, 7) is 0.